The third-order valence-corrected chi connectivity index (χ3v) is 4.39. The first-order chi connectivity index (χ1) is 12.8. The molecule has 142 valence electrons. The Morgan fingerprint density at radius 2 is 1.89 bits per heavy atom. The molecule has 1 N–H and O–H groups in total. The zero-order chi connectivity index (χ0) is 17.8. The maximum atomic E-state index is 5.76. The van der Waals surface area contributed by atoms with E-state index in [0.717, 1.165) is 23.4 Å². The molecule has 1 aromatic heterocycles. The molecule has 6 nitrogen and oxygen atoms in total. The number of nitrogens with one attached hydrogen (secondary N) is 1. The molecule has 0 unspecified atom stereocenters. The van der Waals surface area contributed by atoms with Crippen LogP contribution in [-0.4, -0.2) is 29.4 Å². The highest BCUT2D eigenvalue weighted by Crippen LogP contribution is 2.24. The average molecular weight is 388 g/mol. The Kier molecular flexibility index (Phi) is 6.45. The zero-order valence-corrected chi connectivity index (χ0v) is 15.8. The number of hydrogen-bond donors (Lipinski definition) is 1. The Bertz CT molecular complexity index is 839. The molecule has 1 fully saturated rings. The first kappa shape index (κ1) is 19.4. The normalized spacial score (nSPS) is 19.3. The summed E-state index contributed by atoms with van der Waals surface area (Å²) in [6, 6.07) is 17.7. The fourth-order valence-corrected chi connectivity index (χ4v) is 2.92. The van der Waals surface area contributed by atoms with Crippen molar-refractivity contribution in [2.24, 2.45) is 0 Å². The molecule has 0 aliphatic carbocycles. The first-order valence-electron chi connectivity index (χ1n) is 8.75. The SMILES string of the molecule is C[C@H]1OCCN[C@@H]1c1nc(-c2ccc(COc3ccccc3)cc2)no1.Cl. The highest BCUT2D eigenvalue weighted by atomic mass is 35.5. The quantitative estimate of drug-likeness (QED) is 0.718. The topological polar surface area (TPSA) is 69.4 Å². The van der Waals surface area contributed by atoms with Crippen LogP contribution in [0.2, 0.25) is 0 Å². The Balaban J connectivity index is 0.00000210. The lowest BCUT2D eigenvalue weighted by Gasteiger charge is -2.27. The Morgan fingerprint density at radius 3 is 2.63 bits per heavy atom. The summed E-state index contributed by atoms with van der Waals surface area (Å²) in [5.41, 5.74) is 1.99. The van der Waals surface area contributed by atoms with Gasteiger partial charge >= 0.3 is 0 Å². The number of morpholine rings is 1. The molecule has 0 bridgehead atoms. The van der Waals surface area contributed by atoms with Crippen LogP contribution in [0.3, 0.4) is 0 Å². The maximum absolute atomic E-state index is 5.76. The molecule has 7 heteroatoms. The molecule has 4 rings (SSSR count). The summed E-state index contributed by atoms with van der Waals surface area (Å²) in [5.74, 6) is 1.99. The van der Waals surface area contributed by atoms with Crippen molar-refractivity contribution in [2.45, 2.75) is 25.7 Å². The van der Waals surface area contributed by atoms with Gasteiger partial charge in [-0.3, -0.25) is 0 Å². The molecule has 0 spiro atoms. The number of hydrogen-bond acceptors (Lipinski definition) is 6. The largest absolute Gasteiger partial charge is 0.489 e. The molecule has 0 radical (unpaired) electrons. The fourth-order valence-electron chi connectivity index (χ4n) is 2.92. The average Bonchev–Trinajstić information content (AvgIpc) is 3.18. The molecule has 3 aromatic rings. The summed E-state index contributed by atoms with van der Waals surface area (Å²) in [6.07, 6.45) is 0.00885. The molecular formula is C20H22ClN3O3. The smallest absolute Gasteiger partial charge is 0.246 e. The molecule has 0 saturated carbocycles. The predicted molar refractivity (Wildman–Crippen MR) is 104 cm³/mol. The summed E-state index contributed by atoms with van der Waals surface area (Å²) in [5, 5.41) is 7.46. The van der Waals surface area contributed by atoms with E-state index in [-0.39, 0.29) is 24.6 Å². The second-order valence-electron chi connectivity index (χ2n) is 6.26. The molecule has 2 aromatic carbocycles. The number of benzene rings is 2. The maximum Gasteiger partial charge on any atom is 0.246 e. The van der Waals surface area contributed by atoms with Gasteiger partial charge in [0.1, 0.15) is 18.4 Å². The summed E-state index contributed by atoms with van der Waals surface area (Å²) >= 11 is 0. The van der Waals surface area contributed by atoms with Crippen LogP contribution in [-0.2, 0) is 11.3 Å². The van der Waals surface area contributed by atoms with Crippen LogP contribution in [0.15, 0.2) is 59.1 Å². The molecule has 27 heavy (non-hydrogen) atoms. The van der Waals surface area contributed by atoms with E-state index in [9.17, 15) is 0 Å². The summed E-state index contributed by atoms with van der Waals surface area (Å²) in [4.78, 5) is 4.53. The molecule has 0 amide bonds. The van der Waals surface area contributed by atoms with Gasteiger partial charge in [-0.2, -0.15) is 4.98 Å². The van der Waals surface area contributed by atoms with Crippen molar-refractivity contribution in [1.29, 1.82) is 0 Å². The third-order valence-electron chi connectivity index (χ3n) is 4.39. The Labute approximate surface area is 164 Å². The predicted octanol–water partition coefficient (Wildman–Crippen LogP) is 3.79. The van der Waals surface area contributed by atoms with E-state index in [1.54, 1.807) is 0 Å². The summed E-state index contributed by atoms with van der Waals surface area (Å²) in [7, 11) is 0. The number of halogens is 1. The van der Waals surface area contributed by atoms with Crippen molar-refractivity contribution in [3.63, 3.8) is 0 Å². The molecule has 1 aliphatic rings. The van der Waals surface area contributed by atoms with E-state index >= 15 is 0 Å². The lowest BCUT2D eigenvalue weighted by atomic mass is 10.1. The molecule has 2 heterocycles. The van der Waals surface area contributed by atoms with Gasteiger partial charge in [0.25, 0.3) is 0 Å². The van der Waals surface area contributed by atoms with Crippen molar-refractivity contribution >= 4 is 12.4 Å². The van der Waals surface area contributed by atoms with Crippen LogP contribution in [0.25, 0.3) is 11.4 Å². The highest BCUT2D eigenvalue weighted by Gasteiger charge is 2.28. The zero-order valence-electron chi connectivity index (χ0n) is 15.0. The van der Waals surface area contributed by atoms with Crippen molar-refractivity contribution in [2.75, 3.05) is 13.2 Å². The number of para-hydroxylation sites is 1. The van der Waals surface area contributed by atoms with Crippen LogP contribution >= 0.6 is 12.4 Å². The van der Waals surface area contributed by atoms with Gasteiger partial charge in [0, 0.05) is 12.1 Å². The first-order valence-corrected chi connectivity index (χ1v) is 8.75. The van der Waals surface area contributed by atoms with Gasteiger partial charge in [0.2, 0.25) is 11.7 Å². The Morgan fingerprint density at radius 1 is 1.11 bits per heavy atom. The van der Waals surface area contributed by atoms with Gasteiger partial charge in [0.05, 0.1) is 12.7 Å². The van der Waals surface area contributed by atoms with E-state index in [4.69, 9.17) is 14.0 Å². The van der Waals surface area contributed by atoms with Gasteiger partial charge in [-0.15, -0.1) is 12.4 Å². The number of ether oxygens (including phenoxy) is 2. The second kappa shape index (κ2) is 8.99. The van der Waals surface area contributed by atoms with Gasteiger partial charge in [-0.05, 0) is 24.6 Å². The molecule has 2 atom stereocenters. The molecule has 1 saturated heterocycles. The van der Waals surface area contributed by atoms with E-state index in [1.807, 2.05) is 61.5 Å². The van der Waals surface area contributed by atoms with E-state index in [2.05, 4.69) is 15.5 Å². The van der Waals surface area contributed by atoms with Crippen LogP contribution in [0.5, 0.6) is 5.75 Å². The summed E-state index contributed by atoms with van der Waals surface area (Å²) in [6.45, 7) is 4.00. The third kappa shape index (κ3) is 4.66. The standard InChI is InChI=1S/C20H21N3O3.ClH/c1-14-18(21-11-12-24-14)20-22-19(23-26-20)16-9-7-15(8-10-16)13-25-17-5-3-2-4-6-17;/h2-10,14,18,21H,11-13H2,1H3;1H/t14-,18+;/m1./s1. The van der Waals surface area contributed by atoms with Crippen LogP contribution in [0.1, 0.15) is 24.4 Å². The van der Waals surface area contributed by atoms with E-state index in [1.165, 1.54) is 0 Å². The van der Waals surface area contributed by atoms with Gasteiger partial charge in [0.15, 0.2) is 0 Å². The fraction of sp³-hybridized carbons (Fsp3) is 0.300. The van der Waals surface area contributed by atoms with Crippen LogP contribution in [0.4, 0.5) is 0 Å². The lowest BCUT2D eigenvalue weighted by molar-refractivity contribution is -0.00136. The Hall–Kier alpha value is -2.41. The minimum absolute atomic E-state index is 0. The number of rotatable bonds is 5. The van der Waals surface area contributed by atoms with Gasteiger partial charge in [-0.1, -0.05) is 47.6 Å². The van der Waals surface area contributed by atoms with Crippen molar-refractivity contribution in [3.05, 3.63) is 66.1 Å². The molecular weight excluding hydrogens is 366 g/mol. The van der Waals surface area contributed by atoms with E-state index in [0.29, 0.717) is 24.9 Å². The lowest BCUT2D eigenvalue weighted by Crippen LogP contribution is -2.40. The number of aromatic nitrogens is 2. The van der Waals surface area contributed by atoms with Gasteiger partial charge in [-0.25, -0.2) is 0 Å². The second-order valence-corrected chi connectivity index (χ2v) is 6.26. The highest BCUT2D eigenvalue weighted by molar-refractivity contribution is 5.85. The van der Waals surface area contributed by atoms with Gasteiger partial charge < -0.3 is 19.3 Å². The minimum atomic E-state index is -0.0662. The number of nitrogens with zero attached hydrogens (tertiary/aromatic N) is 2. The van der Waals surface area contributed by atoms with Crippen LogP contribution in [0, 0.1) is 0 Å². The molecule has 1 aliphatic heterocycles. The summed E-state index contributed by atoms with van der Waals surface area (Å²) < 4.78 is 16.8. The van der Waals surface area contributed by atoms with E-state index < -0.39 is 0 Å². The van der Waals surface area contributed by atoms with Crippen molar-refractivity contribution in [3.8, 4) is 17.1 Å². The monoisotopic (exact) mass is 387 g/mol. The minimum Gasteiger partial charge on any atom is -0.489 e. The van der Waals surface area contributed by atoms with Crippen molar-refractivity contribution < 1.29 is 14.0 Å². The van der Waals surface area contributed by atoms with Crippen molar-refractivity contribution in [1.82, 2.24) is 15.5 Å². The van der Waals surface area contributed by atoms with Crippen LogP contribution < -0.4 is 10.1 Å².